The minimum Gasteiger partial charge on any atom is -0.455 e. The van der Waals surface area contributed by atoms with Crippen LogP contribution in [0, 0.1) is 0 Å². The molecule has 0 atom stereocenters. The van der Waals surface area contributed by atoms with Crippen molar-refractivity contribution < 1.29 is 15.4 Å². The molecule has 0 spiro atoms. The van der Waals surface area contributed by atoms with Crippen LogP contribution in [0.5, 0.6) is 0 Å². The van der Waals surface area contributed by atoms with Gasteiger partial charge in [-0.25, -0.2) is 0 Å². The monoisotopic (exact) mass is 554 g/mol. The number of rotatable bonds is 3. The predicted octanol–water partition coefficient (Wildman–Crippen LogP) is 12.0. The number of hydrogen-bond donors (Lipinski definition) is 0. The summed E-state index contributed by atoms with van der Waals surface area (Å²) in [7, 11) is 0. The first-order valence-electron chi connectivity index (χ1n) is 18.1. The normalized spacial score (nSPS) is 14.3. The van der Waals surface area contributed by atoms with Crippen molar-refractivity contribution in [2.24, 2.45) is 0 Å². The van der Waals surface area contributed by atoms with Gasteiger partial charge in [-0.2, -0.15) is 0 Å². The molecule has 0 saturated heterocycles. The molecule has 0 saturated carbocycles. The van der Waals surface area contributed by atoms with Crippen molar-refractivity contribution in [1.82, 2.24) is 0 Å². The fourth-order valence-electron chi connectivity index (χ4n) is 6.32. The summed E-state index contributed by atoms with van der Waals surface area (Å²) in [6.07, 6.45) is 0. The van der Waals surface area contributed by atoms with Crippen molar-refractivity contribution in [1.29, 1.82) is 0 Å². The second-order valence-corrected chi connectivity index (χ2v) is 10.7. The number of benzene rings is 8. The van der Waals surface area contributed by atoms with Crippen molar-refractivity contribution in [3.63, 3.8) is 0 Å². The molecule has 0 aliphatic rings. The van der Waals surface area contributed by atoms with Crippen molar-refractivity contribution in [2.75, 3.05) is 0 Å². The van der Waals surface area contributed by atoms with Crippen LogP contribution in [-0.4, -0.2) is 0 Å². The van der Waals surface area contributed by atoms with E-state index >= 15 is 0 Å². The summed E-state index contributed by atoms with van der Waals surface area (Å²) in [5, 5.41) is 4.95. The quantitative estimate of drug-likeness (QED) is 0.198. The molecule has 0 N–H and O–H groups in total. The Morgan fingerprint density at radius 2 is 0.953 bits per heavy atom. The van der Waals surface area contributed by atoms with E-state index in [0.717, 1.165) is 43.8 Å². The lowest BCUT2D eigenvalue weighted by molar-refractivity contribution is 0.672. The maximum atomic E-state index is 9.13. The van der Waals surface area contributed by atoms with Crippen LogP contribution < -0.4 is 0 Å². The summed E-state index contributed by atoms with van der Waals surface area (Å²) in [5.41, 5.74) is 5.27. The van der Waals surface area contributed by atoms with Gasteiger partial charge in [0.05, 0.1) is 11.0 Å². The minimum absolute atomic E-state index is 0.198. The lowest BCUT2D eigenvalue weighted by Crippen LogP contribution is -1.90. The smallest absolute Gasteiger partial charge is 0.143 e. The Kier molecular flexibility index (Phi) is 3.80. The van der Waals surface area contributed by atoms with E-state index in [2.05, 4.69) is 30.3 Å². The second-order valence-electron chi connectivity index (χ2n) is 10.7. The van der Waals surface area contributed by atoms with Crippen LogP contribution in [-0.2, 0) is 0 Å². The molecule has 0 bridgehead atoms. The number of furan rings is 1. The van der Waals surface area contributed by atoms with Crippen LogP contribution in [0.3, 0.4) is 0 Å². The zero-order valence-electron chi connectivity index (χ0n) is 30.8. The molecular weight excluding hydrogens is 520 g/mol. The van der Waals surface area contributed by atoms with Crippen LogP contribution in [0.15, 0.2) is 162 Å². The third kappa shape index (κ3) is 3.72. The molecule has 0 aliphatic heterocycles. The van der Waals surface area contributed by atoms with Crippen LogP contribution in [0.2, 0.25) is 0 Å². The Morgan fingerprint density at radius 1 is 0.395 bits per heavy atom. The van der Waals surface area contributed by atoms with Gasteiger partial charge in [-0.1, -0.05) is 139 Å². The second kappa shape index (κ2) is 9.44. The van der Waals surface area contributed by atoms with Gasteiger partial charge in [-0.15, -0.1) is 0 Å². The van der Waals surface area contributed by atoms with Gasteiger partial charge in [0.15, 0.2) is 0 Å². The average molecular weight is 555 g/mol. The Morgan fingerprint density at radius 3 is 1.63 bits per heavy atom. The lowest BCUT2D eigenvalue weighted by Gasteiger charge is -2.18. The molecule has 0 aliphatic carbocycles. The summed E-state index contributed by atoms with van der Waals surface area (Å²) < 4.78 is 77.2. The summed E-state index contributed by atoms with van der Waals surface area (Å²) in [4.78, 5) is 0. The standard InChI is InChI=1S/C42H26O/c1-2-11-29(12-3-1)40-33-14-6-8-16-35(33)41(36-17-9-7-15-34(36)40)30-20-18-27(19-21-30)31-23-25-39-38(26-31)37-24-22-28-10-4-5-13-32(28)42(37)43-39/h1-26H/i6D,7D,8D,9D,14D,15D,16D,17D. The summed E-state index contributed by atoms with van der Waals surface area (Å²) >= 11 is 0. The first-order chi connectivity index (χ1) is 24.7. The SMILES string of the molecule is [2H]c1c([2H])c([2H])c2c(-c3ccc(-c4ccc5oc6c7ccccc7ccc6c5c4)cc3)c3c([2H])c([2H])c([2H])c([2H])c3c(-c3ccccc3)c2c1[2H]. The maximum absolute atomic E-state index is 9.13. The molecule has 0 fully saturated rings. The lowest BCUT2D eigenvalue weighted by atomic mass is 9.86. The Hall–Kier alpha value is -5.66. The van der Waals surface area contributed by atoms with Gasteiger partial charge in [0, 0.05) is 16.2 Å². The molecule has 200 valence electrons. The maximum Gasteiger partial charge on any atom is 0.143 e. The van der Waals surface area contributed by atoms with Crippen molar-refractivity contribution in [3.05, 3.63) is 158 Å². The van der Waals surface area contributed by atoms with Gasteiger partial charge < -0.3 is 4.42 Å². The Balaban J connectivity index is 1.32. The molecule has 9 aromatic rings. The van der Waals surface area contributed by atoms with E-state index in [1.807, 2.05) is 54.6 Å². The molecule has 1 heteroatoms. The van der Waals surface area contributed by atoms with Gasteiger partial charge in [0.2, 0.25) is 0 Å². The van der Waals surface area contributed by atoms with E-state index < -0.39 is 24.2 Å². The molecule has 0 unspecified atom stereocenters. The molecule has 8 aromatic carbocycles. The zero-order valence-corrected chi connectivity index (χ0v) is 22.8. The molecule has 43 heavy (non-hydrogen) atoms. The fraction of sp³-hybridized carbons (Fsp3) is 0. The molecular formula is C42H26O. The van der Waals surface area contributed by atoms with Crippen LogP contribution in [0.4, 0.5) is 0 Å². The molecule has 1 nitrogen and oxygen atoms in total. The highest BCUT2D eigenvalue weighted by Gasteiger charge is 2.17. The van der Waals surface area contributed by atoms with E-state index in [1.54, 1.807) is 24.3 Å². The first kappa shape index (κ1) is 17.3. The van der Waals surface area contributed by atoms with Crippen molar-refractivity contribution >= 4 is 54.3 Å². The molecule has 1 heterocycles. The summed E-state index contributed by atoms with van der Waals surface area (Å²) in [6.45, 7) is 0. The van der Waals surface area contributed by atoms with Gasteiger partial charge in [0.1, 0.15) is 11.2 Å². The van der Waals surface area contributed by atoms with Crippen LogP contribution in [0.25, 0.3) is 87.6 Å². The van der Waals surface area contributed by atoms with Gasteiger partial charge in [-0.05, 0) is 78.5 Å². The van der Waals surface area contributed by atoms with E-state index in [4.69, 9.17) is 15.4 Å². The number of hydrogen-bond acceptors (Lipinski definition) is 1. The van der Waals surface area contributed by atoms with E-state index in [1.165, 1.54) is 0 Å². The Labute approximate surface area is 260 Å². The topological polar surface area (TPSA) is 13.1 Å². The third-order valence-corrected chi connectivity index (χ3v) is 8.31. The highest BCUT2D eigenvalue weighted by Crippen LogP contribution is 2.44. The highest BCUT2D eigenvalue weighted by molar-refractivity contribution is 6.21. The molecule has 1 aromatic heterocycles. The molecule has 0 amide bonds. The van der Waals surface area contributed by atoms with Crippen LogP contribution >= 0.6 is 0 Å². The third-order valence-electron chi connectivity index (χ3n) is 8.31. The first-order valence-corrected chi connectivity index (χ1v) is 14.1. The zero-order chi connectivity index (χ0) is 35.3. The highest BCUT2D eigenvalue weighted by atomic mass is 16.3. The number of fused-ring (bicyclic) bond motifs is 7. The summed E-state index contributed by atoms with van der Waals surface area (Å²) in [6, 6.07) is 32.1. The van der Waals surface area contributed by atoms with Gasteiger partial charge in [-0.3, -0.25) is 0 Å². The molecule has 9 rings (SSSR count). The van der Waals surface area contributed by atoms with Crippen molar-refractivity contribution in [3.8, 4) is 33.4 Å². The van der Waals surface area contributed by atoms with Gasteiger partial charge >= 0.3 is 0 Å². The molecule has 0 radical (unpaired) electrons. The largest absolute Gasteiger partial charge is 0.455 e. The minimum atomic E-state index is -0.419. The van der Waals surface area contributed by atoms with E-state index in [0.29, 0.717) is 22.3 Å². The average Bonchev–Trinajstić information content (AvgIpc) is 3.55. The van der Waals surface area contributed by atoms with E-state index in [-0.39, 0.29) is 45.7 Å². The predicted molar refractivity (Wildman–Crippen MR) is 183 cm³/mol. The van der Waals surface area contributed by atoms with Crippen LogP contribution in [0.1, 0.15) is 11.0 Å². The fourth-order valence-corrected chi connectivity index (χ4v) is 6.32. The van der Waals surface area contributed by atoms with Crippen molar-refractivity contribution in [2.45, 2.75) is 0 Å². The van der Waals surface area contributed by atoms with Gasteiger partial charge in [0.25, 0.3) is 0 Å². The summed E-state index contributed by atoms with van der Waals surface area (Å²) in [5.74, 6) is 0. The van der Waals surface area contributed by atoms with E-state index in [9.17, 15) is 0 Å². The Bertz CT molecular complexity index is 2850.